The van der Waals surface area contributed by atoms with Crippen molar-refractivity contribution in [1.29, 1.82) is 0 Å². The SMILES string of the molecule is O=C(Nc1cccc(NC(=O)C(Br)(Br)Br)c1)C(Br)(Br)Br. The number of benzene rings is 1. The van der Waals surface area contributed by atoms with Crippen molar-refractivity contribution in [3.05, 3.63) is 24.3 Å². The van der Waals surface area contributed by atoms with Gasteiger partial charge in [0, 0.05) is 11.4 Å². The van der Waals surface area contributed by atoms with E-state index in [1.807, 2.05) is 0 Å². The molecule has 1 aromatic rings. The highest BCUT2D eigenvalue weighted by atomic mass is 80.0. The maximum Gasteiger partial charge on any atom is 0.263 e. The Morgan fingerprint density at radius 2 is 1.15 bits per heavy atom. The average molecular weight is 666 g/mol. The van der Waals surface area contributed by atoms with Crippen LogP contribution in [0.1, 0.15) is 0 Å². The van der Waals surface area contributed by atoms with E-state index in [4.69, 9.17) is 0 Å². The molecule has 0 aromatic heterocycles. The lowest BCUT2D eigenvalue weighted by Gasteiger charge is -2.15. The summed E-state index contributed by atoms with van der Waals surface area (Å²) in [7, 11) is 0. The van der Waals surface area contributed by atoms with E-state index in [-0.39, 0.29) is 11.8 Å². The Balaban J connectivity index is 2.82. The second kappa shape index (κ2) is 7.54. The molecule has 0 unspecified atom stereocenters. The Bertz CT molecular complexity index is 480. The second-order valence-corrected chi connectivity index (χ2v) is 17.0. The van der Waals surface area contributed by atoms with Gasteiger partial charge < -0.3 is 10.6 Å². The van der Waals surface area contributed by atoms with Crippen LogP contribution in [-0.2, 0) is 9.59 Å². The zero-order valence-electron chi connectivity index (χ0n) is 9.39. The molecule has 1 aromatic carbocycles. The van der Waals surface area contributed by atoms with E-state index in [0.29, 0.717) is 11.4 Å². The van der Waals surface area contributed by atoms with Crippen LogP contribution in [0.25, 0.3) is 0 Å². The summed E-state index contributed by atoms with van der Waals surface area (Å²) in [5.74, 6) is -0.673. The molecule has 20 heavy (non-hydrogen) atoms. The molecule has 0 aliphatic rings. The fraction of sp³-hybridized carbons (Fsp3) is 0.200. The molecule has 0 aliphatic carbocycles. The quantitative estimate of drug-likeness (QED) is 0.425. The molecule has 0 heterocycles. The number of nitrogens with one attached hydrogen (secondary N) is 2. The minimum Gasteiger partial charge on any atom is -0.323 e. The first kappa shape index (κ1) is 19.1. The first-order valence-electron chi connectivity index (χ1n) is 4.86. The number of rotatable bonds is 2. The molecule has 110 valence electrons. The van der Waals surface area contributed by atoms with Gasteiger partial charge in [-0.25, -0.2) is 0 Å². The third-order valence-electron chi connectivity index (χ3n) is 1.89. The maximum atomic E-state index is 11.8. The topological polar surface area (TPSA) is 58.2 Å². The summed E-state index contributed by atoms with van der Waals surface area (Å²) in [6, 6.07) is 6.75. The van der Waals surface area contributed by atoms with E-state index in [2.05, 4.69) is 106 Å². The van der Waals surface area contributed by atoms with Crippen LogP contribution in [0.3, 0.4) is 0 Å². The van der Waals surface area contributed by atoms with Crippen molar-refractivity contribution in [3.63, 3.8) is 0 Å². The van der Waals surface area contributed by atoms with E-state index < -0.39 is 4.29 Å². The highest BCUT2D eigenvalue weighted by Gasteiger charge is 2.29. The zero-order valence-corrected chi connectivity index (χ0v) is 18.9. The number of carbonyl (C=O) groups is 2. The van der Waals surface area contributed by atoms with Gasteiger partial charge in [0.05, 0.1) is 0 Å². The van der Waals surface area contributed by atoms with Crippen LogP contribution in [0, 0.1) is 0 Å². The molecular formula is C10H6Br6N2O2. The van der Waals surface area contributed by atoms with E-state index in [1.165, 1.54) is 0 Å². The summed E-state index contributed by atoms with van der Waals surface area (Å²) < 4.78 is -2.08. The van der Waals surface area contributed by atoms with E-state index in [1.54, 1.807) is 24.3 Å². The molecule has 0 radical (unpaired) electrons. The largest absolute Gasteiger partial charge is 0.323 e. The summed E-state index contributed by atoms with van der Waals surface area (Å²) in [5, 5.41) is 5.34. The van der Waals surface area contributed by atoms with Crippen LogP contribution in [0.15, 0.2) is 24.3 Å². The Hall–Kier alpha value is 1.04. The monoisotopic (exact) mass is 660 g/mol. The van der Waals surface area contributed by atoms with Crippen molar-refractivity contribution in [1.82, 2.24) is 0 Å². The highest BCUT2D eigenvalue weighted by molar-refractivity contribution is 9.40. The third-order valence-corrected chi connectivity index (χ3v) is 4.05. The molecule has 2 N–H and O–H groups in total. The molecule has 0 aliphatic heterocycles. The van der Waals surface area contributed by atoms with Gasteiger partial charge in [0.1, 0.15) is 0 Å². The normalized spacial score (nSPS) is 11.9. The van der Waals surface area contributed by atoms with Crippen molar-refractivity contribution in [3.8, 4) is 0 Å². The van der Waals surface area contributed by atoms with Gasteiger partial charge in [0.2, 0.25) is 4.29 Å². The van der Waals surface area contributed by atoms with Gasteiger partial charge in [-0.3, -0.25) is 9.59 Å². The van der Waals surface area contributed by atoms with E-state index in [9.17, 15) is 9.59 Å². The standard InChI is InChI=1S/C10H6Br6N2O2/c11-9(12,13)7(19)17-5-2-1-3-6(4-5)18-8(20)10(14,15)16/h1-4H,(H,17,19)(H,18,20). The third kappa shape index (κ3) is 6.43. The van der Waals surface area contributed by atoms with Gasteiger partial charge in [0.15, 0.2) is 0 Å². The van der Waals surface area contributed by atoms with Crippen molar-refractivity contribution in [2.24, 2.45) is 0 Å². The van der Waals surface area contributed by atoms with Gasteiger partial charge in [0.25, 0.3) is 11.8 Å². The lowest BCUT2D eigenvalue weighted by atomic mass is 10.2. The molecule has 0 atom stereocenters. The number of amides is 2. The molecule has 2 amide bonds. The molecule has 4 nitrogen and oxygen atoms in total. The average Bonchev–Trinajstić information content (AvgIpc) is 2.26. The fourth-order valence-corrected chi connectivity index (χ4v) is 1.67. The first-order chi connectivity index (χ1) is 9.00. The number of hydrogen-bond acceptors (Lipinski definition) is 2. The van der Waals surface area contributed by atoms with Crippen LogP contribution < -0.4 is 10.6 Å². The summed E-state index contributed by atoms with van der Waals surface area (Å²) in [5.41, 5.74) is 1.08. The van der Waals surface area contributed by atoms with Gasteiger partial charge in [-0.05, 0) is 114 Å². The van der Waals surface area contributed by atoms with E-state index in [0.717, 1.165) is 0 Å². The summed E-state index contributed by atoms with van der Waals surface area (Å²) in [4.78, 5) is 23.5. The number of carbonyl (C=O) groups excluding carboxylic acids is 2. The number of halogens is 6. The van der Waals surface area contributed by atoms with Crippen LogP contribution in [0.5, 0.6) is 0 Å². The van der Waals surface area contributed by atoms with Gasteiger partial charge in [-0.1, -0.05) is 6.07 Å². The minimum atomic E-state index is -1.04. The predicted octanol–water partition coefficient (Wildman–Crippen LogP) is 5.24. The molecule has 0 fully saturated rings. The van der Waals surface area contributed by atoms with Crippen molar-refractivity contribution >= 4 is 119 Å². The summed E-state index contributed by atoms with van der Waals surface area (Å²) in [6.07, 6.45) is 0. The Morgan fingerprint density at radius 1 is 0.800 bits per heavy atom. The van der Waals surface area contributed by atoms with Crippen LogP contribution in [0.4, 0.5) is 11.4 Å². The number of alkyl halides is 6. The highest BCUT2D eigenvalue weighted by Crippen LogP contribution is 2.36. The molecular weight excluding hydrogens is 660 g/mol. The Labute approximate surface area is 166 Å². The second-order valence-electron chi connectivity index (χ2n) is 3.48. The lowest BCUT2D eigenvalue weighted by Crippen LogP contribution is -2.26. The van der Waals surface area contributed by atoms with Gasteiger partial charge in [-0.2, -0.15) is 0 Å². The van der Waals surface area contributed by atoms with Gasteiger partial charge >= 0.3 is 0 Å². The van der Waals surface area contributed by atoms with Crippen molar-refractivity contribution in [2.75, 3.05) is 10.6 Å². The van der Waals surface area contributed by atoms with Gasteiger partial charge in [-0.15, -0.1) is 0 Å². The zero-order chi connectivity index (χ0) is 15.6. The smallest absolute Gasteiger partial charge is 0.263 e. The first-order valence-corrected chi connectivity index (χ1v) is 9.62. The van der Waals surface area contributed by atoms with E-state index >= 15 is 0 Å². The molecule has 0 spiro atoms. The lowest BCUT2D eigenvalue weighted by molar-refractivity contribution is -0.115. The molecule has 0 saturated carbocycles. The summed E-state index contributed by atoms with van der Waals surface area (Å²) in [6.45, 7) is 0. The Morgan fingerprint density at radius 3 is 1.45 bits per heavy atom. The summed E-state index contributed by atoms with van der Waals surface area (Å²) >= 11 is 18.7. The molecule has 1 rings (SSSR count). The molecule has 10 heteroatoms. The number of hydrogen-bond donors (Lipinski definition) is 2. The minimum absolute atomic E-state index is 0.336. The van der Waals surface area contributed by atoms with Crippen LogP contribution >= 0.6 is 95.6 Å². The molecule has 0 bridgehead atoms. The number of anilines is 2. The van der Waals surface area contributed by atoms with Crippen molar-refractivity contribution in [2.45, 2.75) is 4.29 Å². The Kier molecular flexibility index (Phi) is 7.20. The van der Waals surface area contributed by atoms with Crippen LogP contribution in [-0.4, -0.2) is 16.1 Å². The molecule has 0 saturated heterocycles. The van der Waals surface area contributed by atoms with Crippen LogP contribution in [0.2, 0.25) is 0 Å². The fourth-order valence-electron chi connectivity index (χ4n) is 1.08. The maximum absolute atomic E-state index is 11.8. The predicted molar refractivity (Wildman–Crippen MR) is 103 cm³/mol. The van der Waals surface area contributed by atoms with Crippen molar-refractivity contribution < 1.29 is 9.59 Å².